The Morgan fingerprint density at radius 3 is 2.00 bits per heavy atom. The third-order valence-corrected chi connectivity index (χ3v) is 3.82. The molecule has 132 valence electrons. The maximum absolute atomic E-state index is 12.1. The molecule has 0 aromatic heterocycles. The third-order valence-electron chi connectivity index (χ3n) is 3.82. The molecule has 2 aromatic carbocycles. The average Bonchev–Trinajstić information content (AvgIpc) is 2.90. The van der Waals surface area contributed by atoms with E-state index in [1.165, 1.54) is 19.1 Å². The Labute approximate surface area is 149 Å². The SMILES string of the molecule is CC(=O)c1ccc(OCCOC(=O)N2C(=O)c3ccccc3C2=O)cc1. The summed E-state index contributed by atoms with van der Waals surface area (Å²) >= 11 is 0. The van der Waals surface area contributed by atoms with E-state index >= 15 is 0 Å². The Bertz CT molecular complexity index is 852. The molecule has 0 atom stereocenters. The lowest BCUT2D eigenvalue weighted by molar-refractivity contribution is 0.0559. The van der Waals surface area contributed by atoms with Gasteiger partial charge in [0.25, 0.3) is 11.8 Å². The molecular weight excluding hydrogens is 338 g/mol. The molecule has 7 nitrogen and oxygen atoms in total. The van der Waals surface area contributed by atoms with Crippen LogP contribution in [0.2, 0.25) is 0 Å². The summed E-state index contributed by atoms with van der Waals surface area (Å²) in [6.07, 6.45) is -1.04. The molecule has 0 radical (unpaired) electrons. The minimum Gasteiger partial charge on any atom is -0.490 e. The van der Waals surface area contributed by atoms with Crippen LogP contribution in [-0.2, 0) is 4.74 Å². The second-order valence-corrected chi connectivity index (χ2v) is 5.53. The van der Waals surface area contributed by atoms with Crippen molar-refractivity contribution in [1.29, 1.82) is 0 Å². The van der Waals surface area contributed by atoms with Gasteiger partial charge >= 0.3 is 6.09 Å². The summed E-state index contributed by atoms with van der Waals surface area (Å²) < 4.78 is 10.3. The number of hydrogen-bond donors (Lipinski definition) is 0. The van der Waals surface area contributed by atoms with Crippen LogP contribution in [0.3, 0.4) is 0 Å². The molecule has 0 fully saturated rings. The predicted octanol–water partition coefficient (Wildman–Crippen LogP) is 2.70. The zero-order valence-corrected chi connectivity index (χ0v) is 13.9. The van der Waals surface area contributed by atoms with Crippen LogP contribution in [0.5, 0.6) is 5.75 Å². The predicted molar refractivity (Wildman–Crippen MR) is 90.2 cm³/mol. The van der Waals surface area contributed by atoms with Gasteiger partial charge in [0.2, 0.25) is 0 Å². The number of rotatable bonds is 5. The van der Waals surface area contributed by atoms with E-state index in [1.807, 2.05) is 0 Å². The molecule has 3 rings (SSSR count). The molecule has 0 aliphatic carbocycles. The van der Waals surface area contributed by atoms with Crippen LogP contribution in [0.1, 0.15) is 38.0 Å². The number of fused-ring (bicyclic) bond motifs is 1. The van der Waals surface area contributed by atoms with Crippen molar-refractivity contribution in [2.75, 3.05) is 13.2 Å². The molecule has 0 N–H and O–H groups in total. The van der Waals surface area contributed by atoms with E-state index in [9.17, 15) is 19.2 Å². The van der Waals surface area contributed by atoms with Gasteiger partial charge in [-0.15, -0.1) is 0 Å². The highest BCUT2D eigenvalue weighted by Crippen LogP contribution is 2.23. The van der Waals surface area contributed by atoms with Crippen LogP contribution in [0.15, 0.2) is 48.5 Å². The Kier molecular flexibility index (Phi) is 4.79. The van der Waals surface area contributed by atoms with Crippen LogP contribution < -0.4 is 4.74 Å². The molecule has 0 saturated carbocycles. The fourth-order valence-electron chi connectivity index (χ4n) is 2.49. The molecule has 26 heavy (non-hydrogen) atoms. The zero-order valence-electron chi connectivity index (χ0n) is 13.9. The molecule has 0 unspecified atom stereocenters. The highest BCUT2D eigenvalue weighted by molar-refractivity contribution is 6.28. The topological polar surface area (TPSA) is 90.0 Å². The number of carbonyl (C=O) groups excluding carboxylic acids is 4. The maximum atomic E-state index is 12.1. The number of carbonyl (C=O) groups is 4. The maximum Gasteiger partial charge on any atom is 0.424 e. The number of benzene rings is 2. The minimum atomic E-state index is -1.04. The monoisotopic (exact) mass is 353 g/mol. The van der Waals surface area contributed by atoms with Gasteiger partial charge in [0.05, 0.1) is 11.1 Å². The van der Waals surface area contributed by atoms with E-state index < -0.39 is 17.9 Å². The first-order chi connectivity index (χ1) is 12.5. The summed E-state index contributed by atoms with van der Waals surface area (Å²) in [6.45, 7) is 1.36. The standard InChI is InChI=1S/C19H15NO6/c1-12(21)13-6-8-14(9-7-13)25-10-11-26-19(24)20-17(22)15-4-2-3-5-16(15)18(20)23/h2-9H,10-11H2,1H3. The summed E-state index contributed by atoms with van der Waals surface area (Å²) in [7, 11) is 0. The molecule has 1 aliphatic heterocycles. The average molecular weight is 353 g/mol. The lowest BCUT2D eigenvalue weighted by Crippen LogP contribution is -2.37. The van der Waals surface area contributed by atoms with Crippen molar-refractivity contribution < 1.29 is 28.7 Å². The number of imide groups is 3. The molecule has 7 heteroatoms. The van der Waals surface area contributed by atoms with E-state index in [-0.39, 0.29) is 30.1 Å². The van der Waals surface area contributed by atoms with Gasteiger partial charge < -0.3 is 9.47 Å². The number of Topliss-reactive ketones (excluding diaryl/α,β-unsaturated/α-hetero) is 1. The highest BCUT2D eigenvalue weighted by atomic mass is 16.6. The highest BCUT2D eigenvalue weighted by Gasteiger charge is 2.40. The largest absolute Gasteiger partial charge is 0.490 e. The first-order valence-electron chi connectivity index (χ1n) is 7.87. The Balaban J connectivity index is 1.51. The lowest BCUT2D eigenvalue weighted by Gasteiger charge is -2.12. The van der Waals surface area contributed by atoms with Crippen molar-refractivity contribution >= 4 is 23.7 Å². The van der Waals surface area contributed by atoms with Crippen LogP contribution in [0.25, 0.3) is 0 Å². The zero-order chi connectivity index (χ0) is 18.7. The van der Waals surface area contributed by atoms with E-state index in [1.54, 1.807) is 36.4 Å². The second kappa shape index (κ2) is 7.18. The Morgan fingerprint density at radius 1 is 0.885 bits per heavy atom. The molecule has 1 heterocycles. The lowest BCUT2D eigenvalue weighted by atomic mass is 10.1. The van der Waals surface area contributed by atoms with E-state index in [0.717, 1.165) is 0 Å². The van der Waals surface area contributed by atoms with Gasteiger partial charge in [0.15, 0.2) is 5.78 Å². The summed E-state index contributed by atoms with van der Waals surface area (Å²) in [5.41, 5.74) is 0.918. The smallest absolute Gasteiger partial charge is 0.424 e. The normalized spacial score (nSPS) is 12.7. The van der Waals surface area contributed by atoms with Gasteiger partial charge in [-0.1, -0.05) is 12.1 Å². The first-order valence-corrected chi connectivity index (χ1v) is 7.87. The number of hydrogen-bond acceptors (Lipinski definition) is 6. The van der Waals surface area contributed by atoms with Crippen LogP contribution in [0.4, 0.5) is 4.79 Å². The van der Waals surface area contributed by atoms with Crippen molar-refractivity contribution in [3.8, 4) is 5.75 Å². The van der Waals surface area contributed by atoms with Gasteiger partial charge in [-0.2, -0.15) is 4.90 Å². The van der Waals surface area contributed by atoms with Crippen LogP contribution in [0, 0.1) is 0 Å². The fraction of sp³-hybridized carbons (Fsp3) is 0.158. The van der Waals surface area contributed by atoms with Crippen molar-refractivity contribution in [2.24, 2.45) is 0 Å². The summed E-state index contributed by atoms with van der Waals surface area (Å²) in [4.78, 5) is 48.0. The summed E-state index contributed by atoms with van der Waals surface area (Å²) in [5.74, 6) is -0.939. The van der Waals surface area contributed by atoms with Crippen molar-refractivity contribution in [3.63, 3.8) is 0 Å². The first kappa shape index (κ1) is 17.3. The molecule has 0 saturated heterocycles. The number of amides is 3. The van der Waals surface area contributed by atoms with Crippen LogP contribution in [-0.4, -0.2) is 41.8 Å². The molecule has 2 aromatic rings. The van der Waals surface area contributed by atoms with E-state index in [2.05, 4.69) is 0 Å². The summed E-state index contributed by atoms with van der Waals surface area (Å²) in [6, 6.07) is 12.7. The quantitative estimate of drug-likeness (QED) is 0.466. The third kappa shape index (κ3) is 3.32. The van der Waals surface area contributed by atoms with Gasteiger partial charge in [0, 0.05) is 5.56 Å². The van der Waals surface area contributed by atoms with E-state index in [4.69, 9.17) is 9.47 Å². The fourth-order valence-corrected chi connectivity index (χ4v) is 2.49. The second-order valence-electron chi connectivity index (χ2n) is 5.53. The molecule has 0 bridgehead atoms. The molecular formula is C19H15NO6. The number of nitrogens with zero attached hydrogens (tertiary/aromatic N) is 1. The van der Waals surface area contributed by atoms with Gasteiger partial charge in [0.1, 0.15) is 19.0 Å². The molecule has 3 amide bonds. The van der Waals surface area contributed by atoms with Gasteiger partial charge in [-0.25, -0.2) is 4.79 Å². The molecule has 1 aliphatic rings. The summed E-state index contributed by atoms with van der Waals surface area (Å²) in [5, 5.41) is 0. The van der Waals surface area contributed by atoms with Crippen molar-refractivity contribution in [2.45, 2.75) is 6.92 Å². The Morgan fingerprint density at radius 2 is 1.46 bits per heavy atom. The van der Waals surface area contributed by atoms with Crippen LogP contribution >= 0.6 is 0 Å². The van der Waals surface area contributed by atoms with Gasteiger partial charge in [-0.3, -0.25) is 14.4 Å². The Hall–Kier alpha value is -3.48. The minimum absolute atomic E-state index is 0.0360. The van der Waals surface area contributed by atoms with E-state index in [0.29, 0.717) is 16.2 Å². The van der Waals surface area contributed by atoms with Crippen molar-refractivity contribution in [1.82, 2.24) is 4.90 Å². The van der Waals surface area contributed by atoms with Gasteiger partial charge in [-0.05, 0) is 43.3 Å². The number of ether oxygens (including phenoxy) is 2. The number of ketones is 1. The van der Waals surface area contributed by atoms with Crippen molar-refractivity contribution in [3.05, 3.63) is 65.2 Å². The molecule has 0 spiro atoms.